The molecule has 0 aromatic heterocycles. The van der Waals surface area contributed by atoms with Gasteiger partial charge in [-0.1, -0.05) is 19.1 Å². The number of nitrogens with one attached hydrogen (secondary N) is 1. The maximum atomic E-state index is 5.96. The minimum atomic E-state index is 0.712. The summed E-state index contributed by atoms with van der Waals surface area (Å²) in [5.41, 5.74) is 2.49. The predicted molar refractivity (Wildman–Crippen MR) is 89.2 cm³/mol. The Bertz CT molecular complexity index is 427. The van der Waals surface area contributed by atoms with Crippen LogP contribution >= 0.6 is 0 Å². The monoisotopic (exact) mass is 290 g/mol. The Hall–Kier alpha value is -1.06. The number of piperidine rings is 1. The molecule has 21 heavy (non-hydrogen) atoms. The molecule has 1 aliphatic heterocycles. The fraction of sp³-hybridized carbons (Fsp3) is 0.667. The van der Waals surface area contributed by atoms with E-state index >= 15 is 0 Å². The van der Waals surface area contributed by atoms with Gasteiger partial charge in [0.05, 0.1) is 6.61 Å². The molecule has 1 unspecified atom stereocenters. The Kier molecular flexibility index (Phi) is 6.52. The smallest absolute Gasteiger partial charge is 0.122 e. The summed E-state index contributed by atoms with van der Waals surface area (Å²) in [6.45, 7) is 11.9. The summed E-state index contributed by atoms with van der Waals surface area (Å²) in [4.78, 5) is 2.60. The number of aryl methyl sites for hydroxylation is 2. The molecule has 0 spiro atoms. The highest BCUT2D eigenvalue weighted by atomic mass is 16.5. The van der Waals surface area contributed by atoms with Crippen molar-refractivity contribution in [1.82, 2.24) is 10.2 Å². The molecule has 3 nitrogen and oxygen atoms in total. The van der Waals surface area contributed by atoms with E-state index in [2.05, 4.69) is 49.2 Å². The van der Waals surface area contributed by atoms with E-state index in [1.165, 1.54) is 30.5 Å². The molecule has 2 rings (SSSR count). The Labute approximate surface area is 129 Å². The first-order chi connectivity index (χ1) is 10.2. The van der Waals surface area contributed by atoms with Gasteiger partial charge in [-0.2, -0.15) is 0 Å². The van der Waals surface area contributed by atoms with E-state index in [4.69, 9.17) is 4.74 Å². The molecule has 1 aliphatic rings. The van der Waals surface area contributed by atoms with Crippen molar-refractivity contribution in [2.75, 3.05) is 32.8 Å². The van der Waals surface area contributed by atoms with E-state index < -0.39 is 0 Å². The van der Waals surface area contributed by atoms with Gasteiger partial charge >= 0.3 is 0 Å². The number of hydrogen-bond acceptors (Lipinski definition) is 3. The Morgan fingerprint density at radius 2 is 2.19 bits per heavy atom. The van der Waals surface area contributed by atoms with Crippen molar-refractivity contribution < 1.29 is 4.74 Å². The van der Waals surface area contributed by atoms with Gasteiger partial charge in [-0.25, -0.2) is 0 Å². The lowest BCUT2D eigenvalue weighted by molar-refractivity contribution is 0.160. The zero-order valence-corrected chi connectivity index (χ0v) is 13.8. The number of likely N-dealkylation sites (N-methyl/N-ethyl adjacent to an activating group) is 1. The summed E-state index contributed by atoms with van der Waals surface area (Å²) >= 11 is 0. The second kappa shape index (κ2) is 8.40. The summed E-state index contributed by atoms with van der Waals surface area (Å²) < 4.78 is 5.96. The number of hydrogen-bond donors (Lipinski definition) is 1. The van der Waals surface area contributed by atoms with Crippen LogP contribution in [0.15, 0.2) is 18.2 Å². The lowest BCUT2D eigenvalue weighted by Crippen LogP contribution is -2.46. The maximum absolute atomic E-state index is 5.96. The van der Waals surface area contributed by atoms with E-state index in [0.29, 0.717) is 6.04 Å². The van der Waals surface area contributed by atoms with Crippen molar-refractivity contribution in [2.24, 2.45) is 0 Å². The average molecular weight is 290 g/mol. The van der Waals surface area contributed by atoms with Gasteiger partial charge < -0.3 is 10.1 Å². The molecule has 0 amide bonds. The molecule has 1 saturated heterocycles. The highest BCUT2D eigenvalue weighted by Crippen LogP contribution is 2.19. The fourth-order valence-electron chi connectivity index (χ4n) is 3.06. The van der Waals surface area contributed by atoms with E-state index in [0.717, 1.165) is 38.4 Å². The molecule has 1 atom stereocenters. The molecule has 1 N–H and O–H groups in total. The Balaban J connectivity index is 1.73. The van der Waals surface area contributed by atoms with E-state index in [1.807, 2.05) is 0 Å². The minimum Gasteiger partial charge on any atom is -0.493 e. The van der Waals surface area contributed by atoms with Crippen LogP contribution in [0.25, 0.3) is 0 Å². The molecule has 3 heteroatoms. The minimum absolute atomic E-state index is 0.712. The van der Waals surface area contributed by atoms with Crippen LogP contribution in [0.1, 0.15) is 37.3 Å². The molecule has 0 bridgehead atoms. The summed E-state index contributed by atoms with van der Waals surface area (Å²) in [5, 5.41) is 3.51. The van der Waals surface area contributed by atoms with Gasteiger partial charge in [0.15, 0.2) is 0 Å². The summed E-state index contributed by atoms with van der Waals surface area (Å²) in [5.74, 6) is 1.04. The predicted octanol–water partition coefficient (Wildman–Crippen LogP) is 3.15. The van der Waals surface area contributed by atoms with Crippen LogP contribution < -0.4 is 10.1 Å². The van der Waals surface area contributed by atoms with Gasteiger partial charge in [0, 0.05) is 19.1 Å². The van der Waals surface area contributed by atoms with Crippen LogP contribution in [-0.4, -0.2) is 43.7 Å². The van der Waals surface area contributed by atoms with Gasteiger partial charge in [0.2, 0.25) is 0 Å². The van der Waals surface area contributed by atoms with Crippen molar-refractivity contribution in [3.8, 4) is 5.75 Å². The zero-order chi connectivity index (χ0) is 15.1. The molecule has 1 aromatic rings. The van der Waals surface area contributed by atoms with Crippen LogP contribution in [0.3, 0.4) is 0 Å². The quantitative estimate of drug-likeness (QED) is 0.781. The third-order valence-electron chi connectivity index (χ3n) is 4.38. The summed E-state index contributed by atoms with van der Waals surface area (Å²) in [6, 6.07) is 7.12. The number of ether oxygens (including phenoxy) is 1. The highest BCUT2D eigenvalue weighted by molar-refractivity contribution is 5.35. The molecule has 0 saturated carbocycles. The molecule has 0 aliphatic carbocycles. The molecular weight excluding hydrogens is 260 g/mol. The van der Waals surface area contributed by atoms with Crippen molar-refractivity contribution in [2.45, 2.75) is 46.1 Å². The van der Waals surface area contributed by atoms with E-state index in [9.17, 15) is 0 Å². The van der Waals surface area contributed by atoms with E-state index in [1.54, 1.807) is 0 Å². The average Bonchev–Trinajstić information content (AvgIpc) is 2.51. The summed E-state index contributed by atoms with van der Waals surface area (Å²) in [6.07, 6.45) is 3.73. The standard InChI is InChI=1S/C18H30N2O/c1-4-20(17-7-5-10-19-14-17)11-6-12-21-18-13-15(2)8-9-16(18)3/h8-9,13,17,19H,4-7,10-12,14H2,1-3H3. The van der Waals surface area contributed by atoms with Crippen LogP contribution in [0.5, 0.6) is 5.75 Å². The number of nitrogens with zero attached hydrogens (tertiary/aromatic N) is 1. The van der Waals surface area contributed by atoms with Crippen molar-refractivity contribution >= 4 is 0 Å². The first kappa shape index (κ1) is 16.3. The van der Waals surface area contributed by atoms with Gasteiger partial charge in [0.1, 0.15) is 5.75 Å². The lowest BCUT2D eigenvalue weighted by atomic mass is 10.1. The first-order valence-corrected chi connectivity index (χ1v) is 8.35. The maximum Gasteiger partial charge on any atom is 0.122 e. The molecule has 118 valence electrons. The fourth-order valence-corrected chi connectivity index (χ4v) is 3.06. The Morgan fingerprint density at radius 3 is 2.90 bits per heavy atom. The van der Waals surface area contributed by atoms with Crippen LogP contribution in [0.2, 0.25) is 0 Å². The molecular formula is C18H30N2O. The Morgan fingerprint density at radius 1 is 1.33 bits per heavy atom. The van der Waals surface area contributed by atoms with Crippen LogP contribution in [0, 0.1) is 13.8 Å². The molecule has 1 aromatic carbocycles. The number of rotatable bonds is 7. The third-order valence-corrected chi connectivity index (χ3v) is 4.38. The van der Waals surface area contributed by atoms with Gasteiger partial charge in [-0.3, -0.25) is 4.90 Å². The van der Waals surface area contributed by atoms with Crippen molar-refractivity contribution in [3.05, 3.63) is 29.3 Å². The SMILES string of the molecule is CCN(CCCOc1cc(C)ccc1C)C1CCCNC1. The molecule has 1 heterocycles. The van der Waals surface area contributed by atoms with E-state index in [-0.39, 0.29) is 0 Å². The second-order valence-electron chi connectivity index (χ2n) is 6.10. The largest absolute Gasteiger partial charge is 0.493 e. The molecule has 1 fully saturated rings. The molecule has 0 radical (unpaired) electrons. The lowest BCUT2D eigenvalue weighted by Gasteiger charge is -2.33. The van der Waals surface area contributed by atoms with Crippen molar-refractivity contribution in [1.29, 1.82) is 0 Å². The second-order valence-corrected chi connectivity index (χ2v) is 6.10. The third kappa shape index (κ3) is 5.01. The van der Waals surface area contributed by atoms with Crippen molar-refractivity contribution in [3.63, 3.8) is 0 Å². The normalized spacial score (nSPS) is 19.0. The highest BCUT2D eigenvalue weighted by Gasteiger charge is 2.18. The van der Waals surface area contributed by atoms with Gasteiger partial charge in [0.25, 0.3) is 0 Å². The van der Waals surface area contributed by atoms with Crippen LogP contribution in [0.4, 0.5) is 0 Å². The number of benzene rings is 1. The first-order valence-electron chi connectivity index (χ1n) is 8.35. The topological polar surface area (TPSA) is 24.5 Å². The van der Waals surface area contributed by atoms with Crippen LogP contribution in [-0.2, 0) is 0 Å². The zero-order valence-electron chi connectivity index (χ0n) is 13.8. The summed E-state index contributed by atoms with van der Waals surface area (Å²) in [7, 11) is 0. The van der Waals surface area contributed by atoms with Gasteiger partial charge in [-0.05, 0) is 63.4 Å². The van der Waals surface area contributed by atoms with Gasteiger partial charge in [-0.15, -0.1) is 0 Å².